The second-order valence-corrected chi connectivity index (χ2v) is 9.36. The number of aromatic amines is 1. The molecule has 0 spiro atoms. The van der Waals surface area contributed by atoms with E-state index >= 15 is 0 Å². The van der Waals surface area contributed by atoms with Gasteiger partial charge >= 0.3 is 0 Å². The first-order valence-corrected chi connectivity index (χ1v) is 11.6. The van der Waals surface area contributed by atoms with Crippen molar-refractivity contribution < 1.29 is 9.59 Å². The Kier molecular flexibility index (Phi) is 5.58. The summed E-state index contributed by atoms with van der Waals surface area (Å²) in [5.41, 5.74) is 1.94. The van der Waals surface area contributed by atoms with Crippen molar-refractivity contribution >= 4 is 11.8 Å². The number of hydrogen-bond donors (Lipinski definition) is 1. The van der Waals surface area contributed by atoms with Crippen molar-refractivity contribution in [2.75, 3.05) is 19.6 Å². The third-order valence-corrected chi connectivity index (χ3v) is 7.34. The van der Waals surface area contributed by atoms with E-state index in [2.05, 4.69) is 38.5 Å². The molecule has 172 valence electrons. The van der Waals surface area contributed by atoms with Crippen LogP contribution in [0.15, 0.2) is 24.3 Å². The van der Waals surface area contributed by atoms with Gasteiger partial charge in [-0.25, -0.2) is 0 Å². The summed E-state index contributed by atoms with van der Waals surface area (Å²) in [7, 11) is 0. The smallest absolute Gasteiger partial charge is 0.240 e. The summed E-state index contributed by atoms with van der Waals surface area (Å²) >= 11 is 0. The zero-order valence-corrected chi connectivity index (χ0v) is 18.9. The van der Waals surface area contributed by atoms with Crippen molar-refractivity contribution in [2.45, 2.75) is 57.3 Å². The summed E-state index contributed by atoms with van der Waals surface area (Å²) in [4.78, 5) is 32.0. The highest BCUT2D eigenvalue weighted by atomic mass is 16.2. The number of carbonyl (C=O) groups excluding carboxylic acids is 2. The van der Waals surface area contributed by atoms with E-state index in [1.54, 1.807) is 4.90 Å². The number of tetrazole rings is 1. The molecule has 33 heavy (non-hydrogen) atoms. The van der Waals surface area contributed by atoms with Crippen molar-refractivity contribution in [3.05, 3.63) is 29.8 Å². The molecule has 3 aliphatic heterocycles. The molecule has 0 aliphatic carbocycles. The lowest BCUT2D eigenvalue weighted by molar-refractivity contribution is -0.142. The van der Waals surface area contributed by atoms with E-state index < -0.39 is 0 Å². The Morgan fingerprint density at radius 3 is 2.76 bits per heavy atom. The van der Waals surface area contributed by atoms with Gasteiger partial charge in [0.05, 0.1) is 18.2 Å². The molecule has 3 aliphatic rings. The number of carbonyl (C=O) groups is 2. The fourth-order valence-electron chi connectivity index (χ4n) is 5.63. The number of aromatic nitrogens is 4. The van der Waals surface area contributed by atoms with E-state index in [4.69, 9.17) is 0 Å². The molecule has 2 aromatic rings. The maximum Gasteiger partial charge on any atom is 0.240 e. The normalized spacial score (nSPS) is 26.6. The molecule has 10 heteroatoms. The lowest BCUT2D eigenvalue weighted by atomic mass is 10.0. The molecule has 5 atom stereocenters. The van der Waals surface area contributed by atoms with Gasteiger partial charge in [-0.1, -0.05) is 31.2 Å². The summed E-state index contributed by atoms with van der Waals surface area (Å²) in [5, 5.41) is 23.3. The SMILES string of the molecule is C[C@@H](CN1C[C@H]2C[C@@H]1C(=O)N2[C@@H](C)c1ccc(-c2nn[nH]n2)cc1)C(=O)N1CCC[C@H]1C#N. The lowest BCUT2D eigenvalue weighted by Gasteiger charge is -2.38. The van der Waals surface area contributed by atoms with Crippen molar-refractivity contribution in [3.63, 3.8) is 0 Å². The standard InChI is InChI=1S/C23H28N8O2/c1-14(22(32)30-9-3-4-18(30)11-24)12-29-13-19-10-20(29)23(33)31(19)15(2)16-5-7-17(8-6-16)21-25-27-28-26-21/h5-8,14-15,18-20H,3-4,9-10,12-13H2,1-2H3,(H,25,26,27,28)/t14-,15-,18-,19+,20+/m0/s1. The first-order chi connectivity index (χ1) is 16.0. The lowest BCUT2D eigenvalue weighted by Crippen LogP contribution is -2.53. The van der Waals surface area contributed by atoms with Gasteiger partial charge in [-0.3, -0.25) is 14.5 Å². The zero-order valence-electron chi connectivity index (χ0n) is 18.9. The van der Waals surface area contributed by atoms with Gasteiger partial charge in [0.2, 0.25) is 17.6 Å². The second-order valence-electron chi connectivity index (χ2n) is 9.36. The summed E-state index contributed by atoms with van der Waals surface area (Å²) in [6.45, 7) is 5.97. The molecule has 0 unspecified atom stereocenters. The van der Waals surface area contributed by atoms with Gasteiger partial charge < -0.3 is 9.80 Å². The average Bonchev–Trinajstić information content (AvgIpc) is 3.62. The molecular weight excluding hydrogens is 420 g/mol. The van der Waals surface area contributed by atoms with Gasteiger partial charge in [-0.15, -0.1) is 10.2 Å². The van der Waals surface area contributed by atoms with Crippen LogP contribution in [-0.4, -0.2) is 84.9 Å². The number of likely N-dealkylation sites (tertiary alicyclic amines) is 3. The van der Waals surface area contributed by atoms with Crippen molar-refractivity contribution in [3.8, 4) is 17.5 Å². The molecule has 1 aromatic heterocycles. The first kappa shape index (κ1) is 21.5. The number of nitrogens with zero attached hydrogens (tertiary/aromatic N) is 7. The Labute approximate surface area is 192 Å². The number of nitrogens with one attached hydrogen (secondary N) is 1. The van der Waals surface area contributed by atoms with Crippen molar-refractivity contribution in [2.24, 2.45) is 5.92 Å². The molecule has 5 rings (SSSR count). The molecule has 1 N–H and O–H groups in total. The number of hydrogen-bond acceptors (Lipinski definition) is 7. The van der Waals surface area contributed by atoms with Crippen molar-refractivity contribution in [1.29, 1.82) is 5.26 Å². The Hall–Kier alpha value is -3.32. The molecule has 10 nitrogen and oxygen atoms in total. The minimum atomic E-state index is -0.306. The molecular formula is C23H28N8O2. The van der Waals surface area contributed by atoms with Crippen LogP contribution in [0.4, 0.5) is 0 Å². The molecule has 3 fully saturated rings. The van der Waals surface area contributed by atoms with E-state index in [-0.39, 0.29) is 41.9 Å². The van der Waals surface area contributed by atoms with Crippen LogP contribution in [0.1, 0.15) is 44.7 Å². The summed E-state index contributed by atoms with van der Waals surface area (Å²) in [6, 6.07) is 9.79. The van der Waals surface area contributed by atoms with E-state index in [0.29, 0.717) is 18.9 Å². The summed E-state index contributed by atoms with van der Waals surface area (Å²) < 4.78 is 0. The number of piperazine rings is 1. The molecule has 2 bridgehead atoms. The number of benzene rings is 1. The zero-order chi connectivity index (χ0) is 23.1. The highest BCUT2D eigenvalue weighted by Gasteiger charge is 2.51. The van der Waals surface area contributed by atoms with Gasteiger partial charge in [-0.05, 0) is 37.0 Å². The summed E-state index contributed by atoms with van der Waals surface area (Å²) in [6.07, 6.45) is 2.44. The minimum absolute atomic E-state index is 0.0289. The number of amides is 2. The largest absolute Gasteiger partial charge is 0.330 e. The van der Waals surface area contributed by atoms with Crippen LogP contribution in [0.2, 0.25) is 0 Å². The molecule has 0 saturated carbocycles. The first-order valence-electron chi connectivity index (χ1n) is 11.6. The predicted molar refractivity (Wildman–Crippen MR) is 118 cm³/mol. The van der Waals surface area contributed by atoms with E-state index in [0.717, 1.165) is 36.9 Å². The number of nitriles is 1. The van der Waals surface area contributed by atoms with E-state index in [1.807, 2.05) is 36.1 Å². The third-order valence-electron chi connectivity index (χ3n) is 7.34. The van der Waals surface area contributed by atoms with Crippen LogP contribution in [0.3, 0.4) is 0 Å². The van der Waals surface area contributed by atoms with E-state index in [9.17, 15) is 14.9 Å². The predicted octanol–water partition coefficient (Wildman–Crippen LogP) is 1.36. The Morgan fingerprint density at radius 2 is 2.09 bits per heavy atom. The monoisotopic (exact) mass is 448 g/mol. The number of rotatable bonds is 6. The highest BCUT2D eigenvalue weighted by molar-refractivity contribution is 5.86. The van der Waals surface area contributed by atoms with Crippen LogP contribution in [-0.2, 0) is 9.59 Å². The summed E-state index contributed by atoms with van der Waals surface area (Å²) in [5.74, 6) is 0.479. The molecule has 4 heterocycles. The quantitative estimate of drug-likeness (QED) is 0.708. The van der Waals surface area contributed by atoms with Gasteiger partial charge in [0, 0.05) is 37.2 Å². The van der Waals surface area contributed by atoms with Crippen LogP contribution < -0.4 is 0 Å². The highest BCUT2D eigenvalue weighted by Crippen LogP contribution is 2.38. The van der Waals surface area contributed by atoms with Gasteiger partial charge in [0.15, 0.2) is 0 Å². The Balaban J connectivity index is 1.22. The molecule has 2 amide bonds. The van der Waals surface area contributed by atoms with Gasteiger partial charge in [0.25, 0.3) is 0 Å². The third kappa shape index (κ3) is 3.76. The van der Waals surface area contributed by atoms with Crippen LogP contribution in [0.25, 0.3) is 11.4 Å². The molecule has 0 radical (unpaired) electrons. The number of H-pyrrole nitrogens is 1. The van der Waals surface area contributed by atoms with Crippen LogP contribution >= 0.6 is 0 Å². The molecule has 1 aromatic carbocycles. The maximum absolute atomic E-state index is 13.3. The molecule has 3 saturated heterocycles. The topological polar surface area (TPSA) is 122 Å². The van der Waals surface area contributed by atoms with Gasteiger partial charge in [0.1, 0.15) is 6.04 Å². The van der Waals surface area contributed by atoms with E-state index in [1.165, 1.54) is 0 Å². The Morgan fingerprint density at radius 1 is 1.30 bits per heavy atom. The van der Waals surface area contributed by atoms with Crippen LogP contribution in [0.5, 0.6) is 0 Å². The Bertz CT molecular complexity index is 1060. The number of fused-ring (bicyclic) bond motifs is 2. The van der Waals surface area contributed by atoms with Crippen LogP contribution in [0, 0.1) is 17.2 Å². The minimum Gasteiger partial charge on any atom is -0.330 e. The maximum atomic E-state index is 13.3. The van der Waals surface area contributed by atoms with Gasteiger partial charge in [-0.2, -0.15) is 10.5 Å². The second kappa shape index (κ2) is 8.56. The fourth-order valence-corrected chi connectivity index (χ4v) is 5.63. The average molecular weight is 449 g/mol. The van der Waals surface area contributed by atoms with Crippen molar-refractivity contribution in [1.82, 2.24) is 35.3 Å². The fraction of sp³-hybridized carbons (Fsp3) is 0.565.